The van der Waals surface area contributed by atoms with Gasteiger partial charge in [-0.2, -0.15) is 15.1 Å². The lowest BCUT2D eigenvalue weighted by Gasteiger charge is -2.13. The molecular formula is C19H20FN5O2. The van der Waals surface area contributed by atoms with Gasteiger partial charge in [-0.05, 0) is 39.8 Å². The maximum Gasteiger partial charge on any atom is 0.322 e. The van der Waals surface area contributed by atoms with Gasteiger partial charge >= 0.3 is 6.01 Å². The smallest absolute Gasteiger partial charge is 0.322 e. The Kier molecular flexibility index (Phi) is 4.89. The van der Waals surface area contributed by atoms with Crippen molar-refractivity contribution in [3.8, 4) is 11.8 Å². The number of aromatic nitrogens is 4. The van der Waals surface area contributed by atoms with Crippen LogP contribution >= 0.6 is 0 Å². The standard InChI is InChI=1S/C19H20FN5O2/c1-10-16(13(4)25(5)24-10)18(26)23-17-11(2)21-19(22-12(17)3)27-15-9-7-6-8-14(15)20/h6-9H,1-5H3,(H,23,26). The highest BCUT2D eigenvalue weighted by Gasteiger charge is 2.20. The van der Waals surface area contributed by atoms with Crippen LogP contribution in [-0.4, -0.2) is 25.7 Å². The zero-order chi connectivity index (χ0) is 19.7. The lowest BCUT2D eigenvalue weighted by atomic mass is 10.1. The van der Waals surface area contributed by atoms with Crippen LogP contribution in [0.3, 0.4) is 0 Å². The Bertz CT molecular complexity index is 1010. The van der Waals surface area contributed by atoms with E-state index in [9.17, 15) is 9.18 Å². The molecule has 8 heteroatoms. The number of nitrogens with zero attached hydrogens (tertiary/aromatic N) is 4. The van der Waals surface area contributed by atoms with Crippen LogP contribution in [0.25, 0.3) is 0 Å². The number of carbonyl (C=O) groups is 1. The largest absolute Gasteiger partial charge is 0.421 e. The van der Waals surface area contributed by atoms with Crippen LogP contribution in [0, 0.1) is 33.5 Å². The summed E-state index contributed by atoms with van der Waals surface area (Å²) in [5, 5.41) is 7.10. The molecule has 0 aliphatic carbocycles. The van der Waals surface area contributed by atoms with Gasteiger partial charge in [0, 0.05) is 12.7 Å². The predicted molar refractivity (Wildman–Crippen MR) is 98.6 cm³/mol. The minimum absolute atomic E-state index is 0.0156. The molecule has 140 valence electrons. The fourth-order valence-corrected chi connectivity index (χ4v) is 2.82. The predicted octanol–water partition coefficient (Wildman–Crippen LogP) is 3.63. The number of anilines is 1. The van der Waals surface area contributed by atoms with Gasteiger partial charge in [0.05, 0.1) is 28.3 Å². The molecule has 3 aromatic rings. The first-order valence-electron chi connectivity index (χ1n) is 8.37. The van der Waals surface area contributed by atoms with Gasteiger partial charge < -0.3 is 10.1 Å². The summed E-state index contributed by atoms with van der Waals surface area (Å²) in [6, 6.07) is 6.03. The third-order valence-corrected chi connectivity index (χ3v) is 4.26. The molecule has 1 amide bonds. The monoisotopic (exact) mass is 369 g/mol. The molecule has 0 fully saturated rings. The fourth-order valence-electron chi connectivity index (χ4n) is 2.82. The molecule has 1 aromatic carbocycles. The topological polar surface area (TPSA) is 81.9 Å². The summed E-state index contributed by atoms with van der Waals surface area (Å²) in [6.45, 7) is 7.06. The second-order valence-corrected chi connectivity index (χ2v) is 6.21. The molecule has 0 saturated heterocycles. The Balaban J connectivity index is 1.87. The Labute approximate surface area is 156 Å². The van der Waals surface area contributed by atoms with Crippen molar-refractivity contribution in [2.24, 2.45) is 7.05 Å². The molecule has 2 aromatic heterocycles. The highest BCUT2D eigenvalue weighted by atomic mass is 19.1. The van der Waals surface area contributed by atoms with Crippen molar-refractivity contribution in [2.45, 2.75) is 27.7 Å². The molecule has 0 aliphatic heterocycles. The van der Waals surface area contributed by atoms with Crippen LogP contribution in [0.5, 0.6) is 11.8 Å². The summed E-state index contributed by atoms with van der Waals surface area (Å²) in [7, 11) is 1.79. The highest BCUT2D eigenvalue weighted by Crippen LogP contribution is 2.26. The minimum Gasteiger partial charge on any atom is -0.421 e. The lowest BCUT2D eigenvalue weighted by molar-refractivity contribution is 0.102. The fraction of sp³-hybridized carbons (Fsp3) is 0.263. The Morgan fingerprint density at radius 3 is 2.26 bits per heavy atom. The number of para-hydroxylation sites is 1. The van der Waals surface area contributed by atoms with E-state index in [2.05, 4.69) is 20.4 Å². The molecular weight excluding hydrogens is 349 g/mol. The van der Waals surface area contributed by atoms with Crippen LogP contribution in [0.2, 0.25) is 0 Å². The normalized spacial score (nSPS) is 10.7. The van der Waals surface area contributed by atoms with E-state index in [1.807, 2.05) is 6.92 Å². The second kappa shape index (κ2) is 7.14. The zero-order valence-corrected chi connectivity index (χ0v) is 15.8. The molecule has 7 nitrogen and oxygen atoms in total. The van der Waals surface area contributed by atoms with Gasteiger partial charge in [-0.1, -0.05) is 12.1 Å². The van der Waals surface area contributed by atoms with Crippen molar-refractivity contribution in [3.63, 3.8) is 0 Å². The molecule has 2 heterocycles. The van der Waals surface area contributed by atoms with Gasteiger partial charge in [-0.3, -0.25) is 9.48 Å². The average Bonchev–Trinajstić information content (AvgIpc) is 2.85. The van der Waals surface area contributed by atoms with E-state index in [1.54, 1.807) is 44.6 Å². The van der Waals surface area contributed by atoms with Crippen LogP contribution in [0.15, 0.2) is 24.3 Å². The van der Waals surface area contributed by atoms with Gasteiger partial charge in [0.1, 0.15) is 0 Å². The molecule has 0 saturated carbocycles. The lowest BCUT2D eigenvalue weighted by Crippen LogP contribution is -2.17. The number of hydrogen-bond donors (Lipinski definition) is 1. The molecule has 3 rings (SSSR count). The van der Waals surface area contributed by atoms with Gasteiger partial charge in [0.25, 0.3) is 5.91 Å². The Morgan fingerprint density at radius 2 is 1.70 bits per heavy atom. The third-order valence-electron chi connectivity index (χ3n) is 4.26. The van der Waals surface area contributed by atoms with Crippen LogP contribution in [0.4, 0.5) is 10.1 Å². The summed E-state index contributed by atoms with van der Waals surface area (Å²) in [4.78, 5) is 21.2. The van der Waals surface area contributed by atoms with Gasteiger partial charge in [-0.15, -0.1) is 0 Å². The quantitative estimate of drug-likeness (QED) is 0.759. The molecule has 0 atom stereocenters. The maximum absolute atomic E-state index is 13.7. The molecule has 0 unspecified atom stereocenters. The van der Waals surface area contributed by atoms with E-state index in [4.69, 9.17) is 4.74 Å². The zero-order valence-electron chi connectivity index (χ0n) is 15.8. The Hall–Kier alpha value is -3.29. The summed E-state index contributed by atoms with van der Waals surface area (Å²) < 4.78 is 20.8. The maximum atomic E-state index is 13.7. The van der Waals surface area contributed by atoms with Crippen molar-refractivity contribution in [1.29, 1.82) is 0 Å². The average molecular weight is 369 g/mol. The van der Waals surface area contributed by atoms with E-state index < -0.39 is 5.82 Å². The number of benzene rings is 1. The van der Waals surface area contributed by atoms with Crippen molar-refractivity contribution in [1.82, 2.24) is 19.7 Å². The first-order valence-corrected chi connectivity index (χ1v) is 8.37. The van der Waals surface area contributed by atoms with Crippen LogP contribution < -0.4 is 10.1 Å². The summed E-state index contributed by atoms with van der Waals surface area (Å²) >= 11 is 0. The van der Waals surface area contributed by atoms with E-state index in [1.165, 1.54) is 12.1 Å². The van der Waals surface area contributed by atoms with Crippen molar-refractivity contribution in [2.75, 3.05) is 5.32 Å². The van der Waals surface area contributed by atoms with Crippen molar-refractivity contribution in [3.05, 3.63) is 58.4 Å². The molecule has 0 radical (unpaired) electrons. The number of aryl methyl sites for hydroxylation is 4. The van der Waals surface area contributed by atoms with E-state index in [-0.39, 0.29) is 17.7 Å². The third kappa shape index (κ3) is 3.64. The number of amides is 1. The van der Waals surface area contributed by atoms with Gasteiger partial charge in [0.15, 0.2) is 11.6 Å². The van der Waals surface area contributed by atoms with E-state index >= 15 is 0 Å². The number of ether oxygens (including phenoxy) is 1. The molecule has 0 aliphatic rings. The highest BCUT2D eigenvalue weighted by molar-refractivity contribution is 6.06. The molecule has 0 bridgehead atoms. The molecule has 27 heavy (non-hydrogen) atoms. The number of hydrogen-bond acceptors (Lipinski definition) is 5. The first-order chi connectivity index (χ1) is 12.8. The van der Waals surface area contributed by atoms with E-state index in [0.29, 0.717) is 28.3 Å². The van der Waals surface area contributed by atoms with E-state index in [0.717, 1.165) is 5.69 Å². The van der Waals surface area contributed by atoms with Crippen molar-refractivity contribution >= 4 is 11.6 Å². The number of halogens is 1. The summed E-state index contributed by atoms with van der Waals surface area (Å²) in [6.07, 6.45) is 0. The first kappa shape index (κ1) is 18.5. The second-order valence-electron chi connectivity index (χ2n) is 6.21. The summed E-state index contributed by atoms with van der Waals surface area (Å²) in [5.74, 6) is -0.748. The number of rotatable bonds is 4. The molecule has 1 N–H and O–H groups in total. The Morgan fingerprint density at radius 1 is 1.07 bits per heavy atom. The van der Waals surface area contributed by atoms with Crippen molar-refractivity contribution < 1.29 is 13.9 Å². The van der Waals surface area contributed by atoms with Crippen LogP contribution in [0.1, 0.15) is 33.1 Å². The van der Waals surface area contributed by atoms with Gasteiger partial charge in [0.2, 0.25) is 0 Å². The van der Waals surface area contributed by atoms with Crippen LogP contribution in [-0.2, 0) is 7.05 Å². The SMILES string of the molecule is Cc1nc(Oc2ccccc2F)nc(C)c1NC(=O)c1c(C)nn(C)c1C. The minimum atomic E-state index is -0.503. The van der Waals surface area contributed by atoms with Gasteiger partial charge in [-0.25, -0.2) is 4.39 Å². The molecule has 0 spiro atoms. The number of nitrogens with one attached hydrogen (secondary N) is 1. The number of carbonyl (C=O) groups excluding carboxylic acids is 1. The summed E-state index contributed by atoms with van der Waals surface area (Å²) in [5.41, 5.74) is 3.44.